The van der Waals surface area contributed by atoms with Crippen molar-refractivity contribution in [2.24, 2.45) is 50.2 Å². The van der Waals surface area contributed by atoms with E-state index >= 15 is 0 Å². The van der Waals surface area contributed by atoms with Crippen LogP contribution in [0.3, 0.4) is 0 Å². The summed E-state index contributed by atoms with van der Waals surface area (Å²) < 4.78 is 54.2. The van der Waals surface area contributed by atoms with Gasteiger partial charge in [0.25, 0.3) is 0 Å². The number of fused-ring (bicyclic) bond motifs is 7. The van der Waals surface area contributed by atoms with Crippen LogP contribution in [0.1, 0.15) is 107 Å². The van der Waals surface area contributed by atoms with Gasteiger partial charge in [-0.3, -0.25) is 0 Å². The maximum absolute atomic E-state index is 12.6. The summed E-state index contributed by atoms with van der Waals surface area (Å²) in [6.45, 7) is 13.9. The molecule has 2 unspecified atom stereocenters. The van der Waals surface area contributed by atoms with Crippen molar-refractivity contribution in [3.8, 4) is 0 Å². The predicted molar refractivity (Wildman–Crippen MR) is 292 cm³/mol. The largest absolute Gasteiger partial charge is 0.479 e. The topological polar surface area (TPSA) is 463 Å². The van der Waals surface area contributed by atoms with Crippen LogP contribution in [0.25, 0.3) is 0 Å². The first kappa shape index (κ1) is 69.0. The van der Waals surface area contributed by atoms with Crippen LogP contribution < -0.4 is 0 Å². The first-order chi connectivity index (χ1) is 41.2. The molecular weight excluding hydrogens is 1170 g/mol. The summed E-state index contributed by atoms with van der Waals surface area (Å²) in [5.74, 6) is -1.98. The number of carbonyl (C=O) groups is 1. The van der Waals surface area contributed by atoms with Crippen LogP contribution in [-0.2, 0) is 57.2 Å². The summed E-state index contributed by atoms with van der Waals surface area (Å²) in [5, 5.41) is 185. The number of rotatable bonds is 15. The molecule has 5 heterocycles. The summed E-state index contributed by atoms with van der Waals surface area (Å²) in [4.78, 5) is 23.4. The molecule has 10 rings (SSSR count). The van der Waals surface area contributed by atoms with E-state index in [1.807, 2.05) is 20.8 Å². The number of hydrogen-bond donors (Lipinski definition) is 17. The van der Waals surface area contributed by atoms with Gasteiger partial charge < -0.3 is 129 Å². The van der Waals surface area contributed by atoms with Crippen LogP contribution in [0.15, 0.2) is 11.6 Å². The maximum atomic E-state index is 12.6. The molecule has 5 aliphatic carbocycles. The lowest BCUT2D eigenvalue weighted by Gasteiger charge is -2.72. The van der Waals surface area contributed by atoms with Gasteiger partial charge in [-0.1, -0.05) is 60.1 Å². The van der Waals surface area contributed by atoms with E-state index in [4.69, 9.17) is 52.4 Å². The molecule has 4 saturated carbocycles. The molecule has 0 amide bonds. The number of hydrogen-bond acceptors (Lipinski definition) is 28. The number of allylic oxidation sites excluding steroid dienone is 2. The lowest BCUT2D eigenvalue weighted by atomic mass is 9.33. The molecule has 29 nitrogen and oxygen atoms in total. The normalized spacial score (nSPS) is 55.5. The molecule has 5 aliphatic heterocycles. The summed E-state index contributed by atoms with van der Waals surface area (Å²) in [6, 6.07) is 0. The third-order valence-corrected chi connectivity index (χ3v) is 23.6. The van der Waals surface area contributed by atoms with Crippen molar-refractivity contribution in [2.45, 2.75) is 272 Å². The van der Waals surface area contributed by atoms with Gasteiger partial charge in [0.05, 0.1) is 50.8 Å². The summed E-state index contributed by atoms with van der Waals surface area (Å²) >= 11 is 0. The van der Waals surface area contributed by atoms with Gasteiger partial charge in [-0.05, 0) is 97.7 Å². The maximum Gasteiger partial charge on any atom is 0.335 e. The highest BCUT2D eigenvalue weighted by molar-refractivity contribution is 5.73. The lowest BCUT2D eigenvalue weighted by Crippen LogP contribution is -2.69. The van der Waals surface area contributed by atoms with E-state index in [1.54, 1.807) is 0 Å². The minimum absolute atomic E-state index is 0.0409. The summed E-state index contributed by atoms with van der Waals surface area (Å²) in [5.41, 5.74) is -2.45. The molecule has 0 aromatic heterocycles. The Morgan fingerprint density at radius 1 is 0.557 bits per heavy atom. The molecule has 29 heteroatoms. The average Bonchev–Trinajstić information content (AvgIpc) is 0.681. The molecule has 0 bridgehead atoms. The molecular formula is C59H96O29. The Morgan fingerprint density at radius 2 is 1.16 bits per heavy atom. The molecule has 10 aliphatic rings. The second-order valence-electron chi connectivity index (χ2n) is 28.8. The molecule has 0 radical (unpaired) electrons. The van der Waals surface area contributed by atoms with E-state index in [9.17, 15) is 91.6 Å². The number of aliphatic carboxylic acids is 1. The van der Waals surface area contributed by atoms with Crippen LogP contribution in [-0.4, -0.2) is 285 Å². The standard InChI is InChI=1S/C59H96O29/c1-22-31(63)35(67)42(74)51(79-22)88-87-45-37(69)33(65)26(19-61)81-53(45)85-44-39(71)38(70)43(48(76)77)84-52(44)83-30-12-13-56(5)28(57(30,6)21-62)11-14-59(8)29(56)10-9-23-24-17-54(2,3)46(75)47(55(24,4)15-16-58(23,59)7)86-49-40(72)34(66)27(20-78-49)82-50-41(73)36(68)32(64)25(18-60)80-50/h9,22,24-47,49-53,60-75H,10-21H2,1-8H3,(H,76,77)/t22-,24-,25+,26+,27-,28+,29+,30-,31-,32+,33-,34-,35+,36-,37-,38-,39-,40+,41+,42+,43-,44+,45+,46?,47?,49-,50-,51-,52+,53-,55+,56-,57+,58+,59+/m0/s1. The van der Waals surface area contributed by atoms with Crippen molar-refractivity contribution >= 4 is 5.97 Å². The highest BCUT2D eigenvalue weighted by atomic mass is 17.2. The molecule has 5 saturated heterocycles. The van der Waals surface area contributed by atoms with Crippen LogP contribution in [0, 0.1) is 50.2 Å². The van der Waals surface area contributed by atoms with Gasteiger partial charge in [-0.15, -0.1) is 0 Å². The van der Waals surface area contributed by atoms with E-state index in [0.717, 1.165) is 0 Å². The van der Waals surface area contributed by atoms with Crippen molar-refractivity contribution in [3.63, 3.8) is 0 Å². The van der Waals surface area contributed by atoms with Crippen LogP contribution in [0.5, 0.6) is 0 Å². The van der Waals surface area contributed by atoms with Gasteiger partial charge in [0.1, 0.15) is 97.7 Å². The minimum Gasteiger partial charge on any atom is -0.479 e. The van der Waals surface area contributed by atoms with Crippen molar-refractivity contribution < 1.29 is 144 Å². The highest BCUT2D eigenvalue weighted by Crippen LogP contribution is 2.76. The van der Waals surface area contributed by atoms with Crippen LogP contribution in [0.2, 0.25) is 0 Å². The van der Waals surface area contributed by atoms with E-state index in [1.165, 1.54) is 12.5 Å². The Kier molecular flexibility index (Phi) is 19.9. The number of aliphatic hydroxyl groups excluding tert-OH is 16. The minimum atomic E-state index is -2.15. The van der Waals surface area contributed by atoms with E-state index < -0.39 is 219 Å². The molecule has 17 N–H and O–H groups in total. The number of carboxylic acid groups (broad SMARTS) is 1. The second-order valence-corrected chi connectivity index (χ2v) is 28.8. The van der Waals surface area contributed by atoms with Crippen molar-refractivity contribution in [1.82, 2.24) is 0 Å². The van der Waals surface area contributed by atoms with E-state index in [0.29, 0.717) is 44.9 Å². The number of ether oxygens (including phenoxy) is 9. The lowest BCUT2D eigenvalue weighted by molar-refractivity contribution is -0.476. The third kappa shape index (κ3) is 11.3. The molecule has 9 fully saturated rings. The average molecular weight is 1270 g/mol. The zero-order valence-electron chi connectivity index (χ0n) is 50.9. The molecule has 88 heavy (non-hydrogen) atoms. The van der Waals surface area contributed by atoms with Gasteiger partial charge in [-0.25, -0.2) is 14.6 Å². The molecule has 506 valence electrons. The number of aliphatic hydroxyl groups is 16. The van der Waals surface area contributed by atoms with Gasteiger partial charge in [0, 0.05) is 10.8 Å². The van der Waals surface area contributed by atoms with Crippen molar-refractivity contribution in [2.75, 3.05) is 26.4 Å². The fourth-order valence-corrected chi connectivity index (χ4v) is 17.7. The first-order valence-corrected chi connectivity index (χ1v) is 31.0. The van der Waals surface area contributed by atoms with Gasteiger partial charge >= 0.3 is 5.97 Å². The zero-order chi connectivity index (χ0) is 64.4. The SMILES string of the molecule is C[C@@H]1O[C@@H](OO[C@H]2[C@H](O[C@H]3[C@H](O[C@H]4CC[C@@]5(C)[C@@H](CC[C@]6(C)[C@@H]5CC=C5[C@@H]7CC(C)(C)C(O)C(O[C@@H]8OC[C@H](O[C@@H]9O[C@H](CO)[C@@H](O)[C@H](O)[C@H]9O)[C@H](O)[C@H]8O)[C@]7(C)CC[C@]56C)[C@@]4(C)CO)O[C@H](C(=O)O)[C@@H](O)[C@@H]3O)O[C@H](CO)[C@H](O)[C@@H]2O)[C@H](O)[C@H](O)[C@H]1O. The van der Waals surface area contributed by atoms with Crippen LogP contribution in [0.4, 0.5) is 0 Å². The van der Waals surface area contributed by atoms with Crippen LogP contribution >= 0.6 is 0 Å². The summed E-state index contributed by atoms with van der Waals surface area (Å²) in [7, 11) is 0. The van der Waals surface area contributed by atoms with E-state index in [2.05, 4.69) is 33.8 Å². The van der Waals surface area contributed by atoms with Gasteiger partial charge in [0.2, 0.25) is 6.29 Å². The fraction of sp³-hybridized carbons (Fsp3) is 0.949. The Hall–Kier alpha value is -1.87. The highest BCUT2D eigenvalue weighted by Gasteiger charge is 2.71. The Bertz CT molecular complexity index is 2460. The van der Waals surface area contributed by atoms with E-state index in [-0.39, 0.29) is 36.2 Å². The molecule has 35 atom stereocenters. The van der Waals surface area contributed by atoms with Gasteiger partial charge in [-0.2, -0.15) is 0 Å². The molecule has 0 aromatic carbocycles. The fourth-order valence-electron chi connectivity index (χ4n) is 17.7. The van der Waals surface area contributed by atoms with Crippen molar-refractivity contribution in [1.29, 1.82) is 0 Å². The third-order valence-electron chi connectivity index (χ3n) is 23.6. The Balaban J connectivity index is 0.871. The quantitative estimate of drug-likeness (QED) is 0.0321. The Labute approximate surface area is 509 Å². The second kappa shape index (κ2) is 25.4. The Morgan fingerprint density at radius 3 is 1.81 bits per heavy atom. The van der Waals surface area contributed by atoms with Gasteiger partial charge in [0.15, 0.2) is 37.4 Å². The number of carboxylic acids is 1. The molecule has 0 spiro atoms. The smallest absolute Gasteiger partial charge is 0.335 e. The molecule has 0 aromatic rings. The monoisotopic (exact) mass is 1270 g/mol. The predicted octanol–water partition coefficient (Wildman–Crippen LogP) is -4.11. The first-order valence-electron chi connectivity index (χ1n) is 31.0. The van der Waals surface area contributed by atoms with Crippen molar-refractivity contribution in [3.05, 3.63) is 11.6 Å². The summed E-state index contributed by atoms with van der Waals surface area (Å²) in [6.07, 6.45) is -37.4. The zero-order valence-corrected chi connectivity index (χ0v) is 50.9.